The van der Waals surface area contributed by atoms with E-state index in [1.54, 1.807) is 6.33 Å². The van der Waals surface area contributed by atoms with Crippen molar-refractivity contribution in [1.29, 1.82) is 0 Å². The van der Waals surface area contributed by atoms with Crippen LogP contribution in [0.15, 0.2) is 35.7 Å². The Balaban J connectivity index is 1.86. The summed E-state index contributed by atoms with van der Waals surface area (Å²) in [6.45, 7) is 0. The van der Waals surface area contributed by atoms with Crippen molar-refractivity contribution in [2.75, 3.05) is 7.05 Å². The molecule has 19 heavy (non-hydrogen) atoms. The summed E-state index contributed by atoms with van der Waals surface area (Å²) in [5.74, 6) is 0. The molecule has 0 bridgehead atoms. The fourth-order valence-corrected chi connectivity index (χ4v) is 3.95. The third-order valence-corrected chi connectivity index (χ3v) is 5.09. The van der Waals surface area contributed by atoms with E-state index in [9.17, 15) is 0 Å². The maximum absolute atomic E-state index is 4.18. The van der Waals surface area contributed by atoms with Crippen LogP contribution in [0.25, 0.3) is 0 Å². The van der Waals surface area contributed by atoms with Crippen molar-refractivity contribution in [1.82, 2.24) is 20.1 Å². The molecule has 2 aromatic rings. The predicted molar refractivity (Wildman–Crippen MR) is 77.2 cm³/mol. The van der Waals surface area contributed by atoms with Crippen LogP contribution in [0.5, 0.6) is 0 Å². The molecular formula is C14H18N4S. The number of benzene rings is 1. The minimum atomic E-state index is 0.381. The van der Waals surface area contributed by atoms with E-state index in [4.69, 9.17) is 0 Å². The van der Waals surface area contributed by atoms with Gasteiger partial charge in [-0.25, -0.2) is 0 Å². The lowest BCUT2D eigenvalue weighted by atomic mass is 9.87. The first kappa shape index (κ1) is 12.7. The minimum Gasteiger partial charge on any atom is -0.312 e. The molecule has 1 aliphatic carbocycles. The summed E-state index contributed by atoms with van der Waals surface area (Å²) in [5, 5.41) is 13.1. The summed E-state index contributed by atoms with van der Waals surface area (Å²) in [6.07, 6.45) is 4.07. The van der Waals surface area contributed by atoms with Gasteiger partial charge in [-0.2, -0.15) is 0 Å². The van der Waals surface area contributed by atoms with Crippen LogP contribution in [0.3, 0.4) is 0 Å². The third kappa shape index (κ3) is 2.40. The number of hydrogen-bond acceptors (Lipinski definition) is 4. The van der Waals surface area contributed by atoms with Gasteiger partial charge in [0.05, 0.1) is 0 Å². The largest absolute Gasteiger partial charge is 0.312 e. The monoisotopic (exact) mass is 274 g/mol. The second kappa shape index (κ2) is 5.35. The Kier molecular flexibility index (Phi) is 3.57. The number of fused-ring (bicyclic) bond motifs is 1. The van der Waals surface area contributed by atoms with Crippen molar-refractivity contribution >= 4 is 11.8 Å². The molecule has 0 aliphatic heterocycles. The molecule has 4 nitrogen and oxygen atoms in total. The zero-order chi connectivity index (χ0) is 13.2. The smallest absolute Gasteiger partial charge is 0.191 e. The van der Waals surface area contributed by atoms with Crippen LogP contribution >= 0.6 is 11.8 Å². The molecule has 0 saturated carbocycles. The highest BCUT2D eigenvalue weighted by molar-refractivity contribution is 7.99. The van der Waals surface area contributed by atoms with E-state index < -0.39 is 0 Å². The van der Waals surface area contributed by atoms with Gasteiger partial charge in [0.15, 0.2) is 5.16 Å². The second-order valence-electron chi connectivity index (χ2n) is 4.88. The SMILES string of the molecule is CNC1c2ccccc2CCC1Sc1nncn1C. The molecule has 1 aromatic heterocycles. The average Bonchev–Trinajstić information content (AvgIpc) is 2.84. The number of rotatable bonds is 3. The summed E-state index contributed by atoms with van der Waals surface area (Å²) < 4.78 is 1.98. The van der Waals surface area contributed by atoms with Gasteiger partial charge in [-0.15, -0.1) is 10.2 Å². The molecule has 1 heterocycles. The van der Waals surface area contributed by atoms with Crippen molar-refractivity contribution in [2.24, 2.45) is 7.05 Å². The molecule has 100 valence electrons. The number of thioether (sulfide) groups is 1. The van der Waals surface area contributed by atoms with E-state index in [1.807, 2.05) is 30.4 Å². The lowest BCUT2D eigenvalue weighted by Gasteiger charge is -2.32. The molecule has 1 aromatic carbocycles. The van der Waals surface area contributed by atoms with Crippen LogP contribution in [0.4, 0.5) is 0 Å². The Labute approximate surface area is 117 Å². The van der Waals surface area contributed by atoms with E-state index in [1.165, 1.54) is 17.5 Å². The Morgan fingerprint density at radius 1 is 1.37 bits per heavy atom. The lowest BCUT2D eigenvalue weighted by molar-refractivity contribution is 0.509. The molecule has 2 atom stereocenters. The fourth-order valence-electron chi connectivity index (χ4n) is 2.71. The zero-order valence-corrected chi connectivity index (χ0v) is 12.0. The molecule has 0 fully saturated rings. The maximum Gasteiger partial charge on any atom is 0.191 e. The van der Waals surface area contributed by atoms with Gasteiger partial charge in [-0.3, -0.25) is 0 Å². The normalized spacial score (nSPS) is 22.2. The van der Waals surface area contributed by atoms with Gasteiger partial charge in [-0.1, -0.05) is 36.0 Å². The predicted octanol–water partition coefficient (Wildman–Crippen LogP) is 2.18. The van der Waals surface area contributed by atoms with Gasteiger partial charge in [0, 0.05) is 18.3 Å². The number of aromatic nitrogens is 3. The maximum atomic E-state index is 4.18. The second-order valence-corrected chi connectivity index (χ2v) is 6.09. The summed E-state index contributed by atoms with van der Waals surface area (Å²) in [4.78, 5) is 0. The minimum absolute atomic E-state index is 0.381. The number of hydrogen-bond donors (Lipinski definition) is 1. The highest BCUT2D eigenvalue weighted by atomic mass is 32.2. The first-order chi connectivity index (χ1) is 9.29. The van der Waals surface area contributed by atoms with Crippen LogP contribution in [-0.2, 0) is 13.5 Å². The van der Waals surface area contributed by atoms with Crippen LogP contribution < -0.4 is 5.32 Å². The molecule has 0 amide bonds. The van der Waals surface area contributed by atoms with Gasteiger partial charge in [-0.05, 0) is 31.0 Å². The van der Waals surface area contributed by atoms with Crippen molar-refractivity contribution in [3.8, 4) is 0 Å². The van der Waals surface area contributed by atoms with Crippen molar-refractivity contribution < 1.29 is 0 Å². The van der Waals surface area contributed by atoms with Gasteiger partial charge >= 0.3 is 0 Å². The molecule has 0 saturated heterocycles. The summed E-state index contributed by atoms with van der Waals surface area (Å²) >= 11 is 1.82. The van der Waals surface area contributed by atoms with E-state index in [-0.39, 0.29) is 0 Å². The van der Waals surface area contributed by atoms with E-state index in [0.717, 1.165) is 11.6 Å². The van der Waals surface area contributed by atoms with Crippen LogP contribution in [0, 0.1) is 0 Å². The third-order valence-electron chi connectivity index (χ3n) is 3.70. The van der Waals surface area contributed by atoms with Gasteiger partial charge in [0.2, 0.25) is 0 Å². The Morgan fingerprint density at radius 2 is 2.21 bits per heavy atom. The summed E-state index contributed by atoms with van der Waals surface area (Å²) in [7, 11) is 4.03. The average molecular weight is 274 g/mol. The Morgan fingerprint density at radius 3 is 2.95 bits per heavy atom. The van der Waals surface area contributed by atoms with Gasteiger partial charge < -0.3 is 9.88 Å². The highest BCUT2D eigenvalue weighted by Crippen LogP contribution is 2.39. The topological polar surface area (TPSA) is 42.7 Å². The Bertz CT molecular complexity index is 566. The molecule has 3 rings (SSSR count). The zero-order valence-electron chi connectivity index (χ0n) is 11.2. The quantitative estimate of drug-likeness (QED) is 0.931. The molecule has 1 aliphatic rings. The van der Waals surface area contributed by atoms with E-state index in [0.29, 0.717) is 11.3 Å². The Hall–Kier alpha value is -1.33. The fraction of sp³-hybridized carbons (Fsp3) is 0.429. The molecule has 0 radical (unpaired) electrons. The standard InChI is InChI=1S/C14H18N4S/c1-15-13-11-6-4-3-5-10(11)7-8-12(13)19-14-17-16-9-18(14)2/h3-6,9,12-13,15H,7-8H2,1-2H3. The summed E-state index contributed by atoms with van der Waals surface area (Å²) in [6, 6.07) is 9.11. The van der Waals surface area contributed by atoms with Crippen LogP contribution in [-0.4, -0.2) is 27.1 Å². The molecule has 2 unspecified atom stereocenters. The number of nitrogens with one attached hydrogen (secondary N) is 1. The van der Waals surface area contributed by atoms with E-state index in [2.05, 4.69) is 39.8 Å². The van der Waals surface area contributed by atoms with Crippen molar-refractivity contribution in [2.45, 2.75) is 29.3 Å². The number of nitrogens with zero attached hydrogens (tertiary/aromatic N) is 3. The summed E-state index contributed by atoms with van der Waals surface area (Å²) in [5.41, 5.74) is 2.90. The molecule has 5 heteroatoms. The van der Waals surface area contributed by atoms with Gasteiger partial charge in [0.25, 0.3) is 0 Å². The van der Waals surface area contributed by atoms with Crippen LogP contribution in [0.2, 0.25) is 0 Å². The molecular weight excluding hydrogens is 256 g/mol. The molecule has 1 N–H and O–H groups in total. The highest BCUT2D eigenvalue weighted by Gasteiger charge is 2.29. The van der Waals surface area contributed by atoms with Crippen LogP contribution in [0.1, 0.15) is 23.6 Å². The van der Waals surface area contributed by atoms with Crippen molar-refractivity contribution in [3.05, 3.63) is 41.7 Å². The first-order valence-electron chi connectivity index (χ1n) is 6.55. The number of aryl methyl sites for hydroxylation is 2. The lowest BCUT2D eigenvalue weighted by Crippen LogP contribution is -2.32. The molecule has 0 spiro atoms. The first-order valence-corrected chi connectivity index (χ1v) is 7.43. The van der Waals surface area contributed by atoms with Gasteiger partial charge in [0.1, 0.15) is 6.33 Å². The van der Waals surface area contributed by atoms with E-state index >= 15 is 0 Å². The van der Waals surface area contributed by atoms with Crippen molar-refractivity contribution in [3.63, 3.8) is 0 Å².